The van der Waals surface area contributed by atoms with Crippen molar-refractivity contribution < 1.29 is 14.3 Å². The number of ether oxygens (including phenoxy) is 1. The van der Waals surface area contributed by atoms with Crippen molar-refractivity contribution in [3.8, 4) is 0 Å². The number of anilines is 1. The van der Waals surface area contributed by atoms with Crippen LogP contribution in [-0.2, 0) is 20.7 Å². The largest absolute Gasteiger partial charge is 0.379 e. The van der Waals surface area contributed by atoms with Crippen molar-refractivity contribution in [2.24, 2.45) is 0 Å². The van der Waals surface area contributed by atoms with Crippen LogP contribution in [0, 0.1) is 0 Å². The van der Waals surface area contributed by atoms with Gasteiger partial charge in [0.2, 0.25) is 11.8 Å². The maximum atomic E-state index is 12.5. The molecule has 5 heteroatoms. The van der Waals surface area contributed by atoms with E-state index in [2.05, 4.69) is 5.32 Å². The van der Waals surface area contributed by atoms with E-state index in [1.807, 2.05) is 45.0 Å². The van der Waals surface area contributed by atoms with Crippen molar-refractivity contribution in [2.45, 2.75) is 52.2 Å². The zero-order valence-corrected chi connectivity index (χ0v) is 14.2. The molecule has 126 valence electrons. The van der Waals surface area contributed by atoms with Crippen LogP contribution in [0.3, 0.4) is 0 Å². The highest BCUT2D eigenvalue weighted by atomic mass is 16.5. The topological polar surface area (TPSA) is 58.6 Å². The summed E-state index contributed by atoms with van der Waals surface area (Å²) in [6.07, 6.45) is 1.94. The lowest BCUT2D eigenvalue weighted by Crippen LogP contribution is -2.48. The number of benzene rings is 1. The number of hydrogen-bond donors (Lipinski definition) is 1. The predicted molar refractivity (Wildman–Crippen MR) is 90.4 cm³/mol. The molecule has 0 aromatic heterocycles. The molecule has 1 unspecified atom stereocenters. The SMILES string of the molecule is CCC(=O)N1c2ccccc2CC1C(=O)NCCCOC(C)C. The van der Waals surface area contributed by atoms with Crippen molar-refractivity contribution in [2.75, 3.05) is 18.1 Å². The molecule has 1 aromatic rings. The van der Waals surface area contributed by atoms with E-state index in [1.54, 1.807) is 4.90 Å². The van der Waals surface area contributed by atoms with Crippen LogP contribution in [0.4, 0.5) is 5.69 Å². The first kappa shape index (κ1) is 17.5. The Bertz CT molecular complexity index is 557. The monoisotopic (exact) mass is 318 g/mol. The Labute approximate surface area is 138 Å². The van der Waals surface area contributed by atoms with Crippen LogP contribution in [0.25, 0.3) is 0 Å². The quantitative estimate of drug-likeness (QED) is 0.785. The average molecular weight is 318 g/mol. The molecule has 1 aromatic carbocycles. The minimum absolute atomic E-state index is 0.0155. The lowest BCUT2D eigenvalue weighted by molar-refractivity contribution is -0.126. The van der Waals surface area contributed by atoms with E-state index in [0.717, 1.165) is 17.7 Å². The van der Waals surface area contributed by atoms with E-state index in [1.165, 1.54) is 0 Å². The standard InChI is InChI=1S/C18H26N2O3/c1-4-17(21)20-15-9-6-5-8-14(15)12-16(20)18(22)19-10-7-11-23-13(2)3/h5-6,8-9,13,16H,4,7,10-12H2,1-3H3,(H,19,22). The van der Waals surface area contributed by atoms with Crippen LogP contribution in [0.2, 0.25) is 0 Å². The third-order valence-corrected chi connectivity index (χ3v) is 3.92. The molecule has 0 spiro atoms. The number of nitrogens with one attached hydrogen (secondary N) is 1. The summed E-state index contributed by atoms with van der Waals surface area (Å²) in [5.74, 6) is -0.106. The molecule has 2 amide bonds. The smallest absolute Gasteiger partial charge is 0.243 e. The third kappa shape index (κ3) is 4.32. The molecule has 5 nitrogen and oxygen atoms in total. The van der Waals surface area contributed by atoms with Crippen LogP contribution in [0.5, 0.6) is 0 Å². The molecule has 0 aliphatic carbocycles. The molecule has 0 bridgehead atoms. The summed E-state index contributed by atoms with van der Waals surface area (Å²) in [7, 11) is 0. The zero-order valence-electron chi connectivity index (χ0n) is 14.2. The van der Waals surface area contributed by atoms with Gasteiger partial charge in [-0.15, -0.1) is 0 Å². The van der Waals surface area contributed by atoms with Crippen molar-refractivity contribution in [1.29, 1.82) is 0 Å². The first-order chi connectivity index (χ1) is 11.0. The zero-order chi connectivity index (χ0) is 16.8. The van der Waals surface area contributed by atoms with E-state index in [4.69, 9.17) is 4.74 Å². The number of carbonyl (C=O) groups is 2. The van der Waals surface area contributed by atoms with Crippen LogP contribution in [0.1, 0.15) is 39.2 Å². The second-order valence-electron chi connectivity index (χ2n) is 6.03. The number of amides is 2. The highest BCUT2D eigenvalue weighted by molar-refractivity contribution is 6.03. The van der Waals surface area contributed by atoms with Gasteiger partial charge in [0.25, 0.3) is 0 Å². The van der Waals surface area contributed by atoms with Crippen molar-refractivity contribution >= 4 is 17.5 Å². The van der Waals surface area contributed by atoms with Gasteiger partial charge in [-0.1, -0.05) is 25.1 Å². The molecule has 23 heavy (non-hydrogen) atoms. The molecule has 0 fully saturated rings. The number of hydrogen-bond acceptors (Lipinski definition) is 3. The Morgan fingerprint density at radius 2 is 2.09 bits per heavy atom. The van der Waals surface area contributed by atoms with E-state index in [9.17, 15) is 9.59 Å². The lowest BCUT2D eigenvalue weighted by Gasteiger charge is -2.24. The first-order valence-electron chi connectivity index (χ1n) is 8.33. The summed E-state index contributed by atoms with van der Waals surface area (Å²) in [6, 6.07) is 7.29. The summed E-state index contributed by atoms with van der Waals surface area (Å²) in [4.78, 5) is 26.4. The fourth-order valence-corrected chi connectivity index (χ4v) is 2.79. The minimum atomic E-state index is -0.439. The fraction of sp³-hybridized carbons (Fsp3) is 0.556. The Hall–Kier alpha value is -1.88. The van der Waals surface area contributed by atoms with Gasteiger partial charge in [-0.3, -0.25) is 14.5 Å². The first-order valence-corrected chi connectivity index (χ1v) is 8.33. The third-order valence-electron chi connectivity index (χ3n) is 3.92. The fourth-order valence-electron chi connectivity index (χ4n) is 2.79. The average Bonchev–Trinajstić information content (AvgIpc) is 2.93. The van der Waals surface area contributed by atoms with E-state index >= 15 is 0 Å². The Balaban J connectivity index is 1.95. The van der Waals surface area contributed by atoms with Gasteiger partial charge < -0.3 is 10.1 Å². The Morgan fingerprint density at radius 1 is 1.35 bits per heavy atom. The summed E-state index contributed by atoms with van der Waals surface area (Å²) >= 11 is 0. The molecule has 0 radical (unpaired) electrons. The van der Waals surface area contributed by atoms with E-state index < -0.39 is 6.04 Å². The maximum absolute atomic E-state index is 12.5. The maximum Gasteiger partial charge on any atom is 0.243 e. The van der Waals surface area contributed by atoms with Gasteiger partial charge in [0.05, 0.1) is 6.10 Å². The van der Waals surface area contributed by atoms with Gasteiger partial charge in [0.15, 0.2) is 0 Å². The molecule has 1 atom stereocenters. The Morgan fingerprint density at radius 3 is 2.78 bits per heavy atom. The highest BCUT2D eigenvalue weighted by Gasteiger charge is 2.37. The van der Waals surface area contributed by atoms with Crippen LogP contribution in [-0.4, -0.2) is 37.1 Å². The van der Waals surface area contributed by atoms with Gasteiger partial charge in [-0.25, -0.2) is 0 Å². The molecule has 0 saturated heterocycles. The number of nitrogens with zero attached hydrogens (tertiary/aromatic N) is 1. The highest BCUT2D eigenvalue weighted by Crippen LogP contribution is 2.32. The molecule has 1 aliphatic heterocycles. The second kappa shape index (κ2) is 8.11. The number of rotatable bonds is 7. The molecule has 1 heterocycles. The van der Waals surface area contributed by atoms with Gasteiger partial charge in [-0.05, 0) is 31.9 Å². The summed E-state index contributed by atoms with van der Waals surface area (Å²) in [5.41, 5.74) is 1.92. The molecule has 1 aliphatic rings. The molecular formula is C18H26N2O3. The van der Waals surface area contributed by atoms with Gasteiger partial charge in [0, 0.05) is 31.7 Å². The predicted octanol–water partition coefficient (Wildman–Crippen LogP) is 2.29. The summed E-state index contributed by atoms with van der Waals surface area (Å²) < 4.78 is 5.46. The van der Waals surface area contributed by atoms with E-state index in [-0.39, 0.29) is 17.9 Å². The Kier molecular flexibility index (Phi) is 6.16. The van der Waals surface area contributed by atoms with Crippen molar-refractivity contribution in [3.63, 3.8) is 0 Å². The lowest BCUT2D eigenvalue weighted by atomic mass is 10.1. The van der Waals surface area contributed by atoms with Gasteiger partial charge in [0.1, 0.15) is 6.04 Å². The van der Waals surface area contributed by atoms with Gasteiger partial charge in [-0.2, -0.15) is 0 Å². The summed E-state index contributed by atoms with van der Waals surface area (Å²) in [5, 5.41) is 2.93. The minimum Gasteiger partial charge on any atom is -0.379 e. The number of para-hydroxylation sites is 1. The molecule has 2 rings (SSSR count). The van der Waals surface area contributed by atoms with E-state index in [0.29, 0.717) is 26.0 Å². The summed E-state index contributed by atoms with van der Waals surface area (Å²) in [6.45, 7) is 6.99. The normalized spacial score (nSPS) is 16.5. The van der Waals surface area contributed by atoms with Gasteiger partial charge >= 0.3 is 0 Å². The number of carbonyl (C=O) groups excluding carboxylic acids is 2. The second-order valence-corrected chi connectivity index (χ2v) is 6.03. The molecule has 0 saturated carbocycles. The number of fused-ring (bicyclic) bond motifs is 1. The van der Waals surface area contributed by atoms with Crippen LogP contribution < -0.4 is 10.2 Å². The van der Waals surface area contributed by atoms with Crippen LogP contribution >= 0.6 is 0 Å². The molecular weight excluding hydrogens is 292 g/mol. The van der Waals surface area contributed by atoms with Crippen LogP contribution in [0.15, 0.2) is 24.3 Å². The van der Waals surface area contributed by atoms with Crippen molar-refractivity contribution in [1.82, 2.24) is 5.32 Å². The van der Waals surface area contributed by atoms with Crippen molar-refractivity contribution in [3.05, 3.63) is 29.8 Å². The molecule has 1 N–H and O–H groups in total.